The minimum Gasteiger partial charge on any atom is -0.337 e. The first kappa shape index (κ1) is 8.95. The number of hydrogen-bond acceptors (Lipinski definition) is 2. The Morgan fingerprint density at radius 3 is 3.00 bits per heavy atom. The van der Waals surface area contributed by atoms with Gasteiger partial charge in [0.1, 0.15) is 0 Å². The second-order valence-electron chi connectivity index (χ2n) is 2.74. The molecule has 0 bridgehead atoms. The monoisotopic (exact) mass is 174 g/mol. The van der Waals surface area contributed by atoms with Crippen molar-refractivity contribution in [2.45, 2.75) is 25.3 Å². The number of rotatable bonds is 2. The summed E-state index contributed by atoms with van der Waals surface area (Å²) in [6.45, 7) is 2.96. The first-order valence-electron chi connectivity index (χ1n) is 4.04. The van der Waals surface area contributed by atoms with Gasteiger partial charge in [-0.05, 0) is 34.8 Å². The van der Waals surface area contributed by atoms with Crippen molar-refractivity contribution in [1.82, 2.24) is 10.4 Å². The van der Waals surface area contributed by atoms with Crippen LogP contribution in [-0.4, -0.2) is 25.2 Å². The molecule has 1 rings (SSSR count). The molecule has 11 heavy (non-hydrogen) atoms. The van der Waals surface area contributed by atoms with E-state index in [1.54, 1.807) is 0 Å². The van der Waals surface area contributed by atoms with Crippen LogP contribution in [-0.2, 0) is 4.79 Å². The molecule has 2 unspecified atom stereocenters. The summed E-state index contributed by atoms with van der Waals surface area (Å²) in [5, 5.41) is 6.04. The molecule has 1 aliphatic rings. The van der Waals surface area contributed by atoms with Gasteiger partial charge < -0.3 is 10.4 Å². The second kappa shape index (κ2) is 4.68. The molecule has 0 aliphatic carbocycles. The van der Waals surface area contributed by atoms with Crippen molar-refractivity contribution in [3.8, 4) is 0 Å². The van der Waals surface area contributed by atoms with Crippen LogP contribution in [0.5, 0.6) is 0 Å². The van der Waals surface area contributed by atoms with Gasteiger partial charge in [0.05, 0.1) is 6.04 Å². The van der Waals surface area contributed by atoms with Gasteiger partial charge >= 0.3 is 0 Å². The Morgan fingerprint density at radius 1 is 1.64 bits per heavy atom. The third kappa shape index (κ3) is 2.76. The Morgan fingerprint density at radius 2 is 2.45 bits per heavy atom. The maximum Gasteiger partial charge on any atom is 0.240 e. The smallest absolute Gasteiger partial charge is 0.240 e. The Hall–Kier alpha value is -0.140. The Balaban J connectivity index is 2.27. The van der Waals surface area contributed by atoms with Crippen LogP contribution in [0.25, 0.3) is 0 Å². The van der Waals surface area contributed by atoms with Crippen LogP contribution in [0, 0.1) is 0 Å². The van der Waals surface area contributed by atoms with E-state index in [0.717, 1.165) is 13.0 Å². The first-order valence-corrected chi connectivity index (χ1v) is 5.54. The van der Waals surface area contributed by atoms with Gasteiger partial charge in [-0.1, -0.05) is 6.42 Å². The lowest BCUT2D eigenvalue weighted by molar-refractivity contribution is -0.121. The zero-order valence-corrected chi connectivity index (χ0v) is 7.81. The van der Waals surface area contributed by atoms with E-state index in [1.807, 2.05) is 6.66 Å². The summed E-state index contributed by atoms with van der Waals surface area (Å²) in [6.07, 6.45) is 3.38. The van der Waals surface area contributed by atoms with Crippen molar-refractivity contribution >= 4 is 14.6 Å². The summed E-state index contributed by atoms with van der Waals surface area (Å²) >= 11 is 0. The third-order valence-electron chi connectivity index (χ3n) is 1.88. The first-order chi connectivity index (χ1) is 5.34. The average Bonchev–Trinajstić information content (AvgIpc) is 2.07. The van der Waals surface area contributed by atoms with Gasteiger partial charge in [0.2, 0.25) is 5.91 Å². The number of hydrogen-bond donors (Lipinski definition) is 2. The van der Waals surface area contributed by atoms with Crippen molar-refractivity contribution in [3.05, 3.63) is 0 Å². The van der Waals surface area contributed by atoms with E-state index in [9.17, 15) is 4.79 Å². The van der Waals surface area contributed by atoms with Crippen molar-refractivity contribution in [2.75, 3.05) is 13.2 Å². The quantitative estimate of drug-likeness (QED) is 0.597. The predicted molar refractivity (Wildman–Crippen MR) is 48.0 cm³/mol. The van der Waals surface area contributed by atoms with Crippen molar-refractivity contribution in [2.24, 2.45) is 0 Å². The lowest BCUT2D eigenvalue weighted by atomic mass is 10.1. The molecule has 1 heterocycles. The molecule has 1 saturated heterocycles. The van der Waals surface area contributed by atoms with Gasteiger partial charge in [-0.15, -0.1) is 0 Å². The summed E-state index contributed by atoms with van der Waals surface area (Å²) in [7, 11) is 0.523. The van der Waals surface area contributed by atoms with E-state index in [2.05, 4.69) is 10.4 Å². The molecule has 0 aromatic heterocycles. The summed E-state index contributed by atoms with van der Waals surface area (Å²) in [4.78, 5) is 11.2. The van der Waals surface area contributed by atoms with Crippen LogP contribution >= 0.6 is 8.73 Å². The predicted octanol–water partition coefficient (Wildman–Crippen LogP) is 0.468. The van der Waals surface area contributed by atoms with E-state index in [4.69, 9.17) is 0 Å². The van der Waals surface area contributed by atoms with Crippen LogP contribution in [0.1, 0.15) is 19.3 Å². The van der Waals surface area contributed by atoms with Crippen LogP contribution in [0.4, 0.5) is 0 Å². The van der Waals surface area contributed by atoms with Gasteiger partial charge in [0.15, 0.2) is 0 Å². The molecule has 0 saturated carbocycles. The molecule has 1 fully saturated rings. The average molecular weight is 174 g/mol. The fourth-order valence-corrected chi connectivity index (χ4v) is 1.71. The number of piperidine rings is 1. The van der Waals surface area contributed by atoms with Gasteiger partial charge in [0, 0.05) is 0 Å². The number of carbonyl (C=O) groups is 1. The molecule has 3 nitrogen and oxygen atoms in total. The Labute approximate surface area is 69.2 Å². The lowest BCUT2D eigenvalue weighted by Gasteiger charge is -2.21. The summed E-state index contributed by atoms with van der Waals surface area (Å²) in [5.41, 5.74) is 0. The SMILES string of the molecule is CPNC(=O)C1CCCCN1. The van der Waals surface area contributed by atoms with Crippen molar-refractivity contribution in [3.63, 3.8) is 0 Å². The highest BCUT2D eigenvalue weighted by Gasteiger charge is 2.18. The largest absolute Gasteiger partial charge is 0.337 e. The number of carbonyl (C=O) groups excluding carboxylic acids is 1. The van der Waals surface area contributed by atoms with Crippen molar-refractivity contribution < 1.29 is 4.79 Å². The highest BCUT2D eigenvalue weighted by Crippen LogP contribution is 2.08. The highest BCUT2D eigenvalue weighted by molar-refractivity contribution is 7.35. The van der Waals surface area contributed by atoms with Crippen molar-refractivity contribution in [1.29, 1.82) is 0 Å². The topological polar surface area (TPSA) is 41.1 Å². The molecule has 0 radical (unpaired) electrons. The normalized spacial score (nSPS) is 25.7. The molecule has 0 aromatic rings. The zero-order chi connectivity index (χ0) is 8.10. The van der Waals surface area contributed by atoms with E-state index < -0.39 is 0 Å². The minimum absolute atomic E-state index is 0.0798. The van der Waals surface area contributed by atoms with Gasteiger partial charge in [-0.25, -0.2) is 0 Å². The van der Waals surface area contributed by atoms with E-state index in [1.165, 1.54) is 12.8 Å². The second-order valence-corrected chi connectivity index (χ2v) is 3.49. The number of nitrogens with one attached hydrogen (secondary N) is 2. The molecular formula is C7H15N2OP. The molecular weight excluding hydrogens is 159 g/mol. The molecule has 1 aliphatic heterocycles. The lowest BCUT2D eigenvalue weighted by Crippen LogP contribution is -2.44. The summed E-state index contributed by atoms with van der Waals surface area (Å²) < 4.78 is 0. The maximum atomic E-state index is 11.2. The Bertz CT molecular complexity index is 134. The van der Waals surface area contributed by atoms with E-state index in [-0.39, 0.29) is 11.9 Å². The number of amides is 1. The standard InChI is InChI=1S/C7H15N2OP/c1-11-9-7(10)6-4-2-3-5-8-6/h6,8,11H,2-5H2,1H3,(H,9,10). The van der Waals surface area contributed by atoms with Crippen LogP contribution in [0.2, 0.25) is 0 Å². The molecule has 1 amide bonds. The molecule has 0 aromatic carbocycles. The van der Waals surface area contributed by atoms with Crippen LogP contribution < -0.4 is 10.4 Å². The van der Waals surface area contributed by atoms with Gasteiger partial charge in [-0.2, -0.15) is 0 Å². The summed E-state index contributed by atoms with van der Waals surface area (Å²) in [6, 6.07) is 0.0798. The maximum absolute atomic E-state index is 11.2. The molecule has 2 atom stereocenters. The van der Waals surface area contributed by atoms with Crippen LogP contribution in [0.15, 0.2) is 0 Å². The fraction of sp³-hybridized carbons (Fsp3) is 0.857. The molecule has 4 heteroatoms. The molecule has 64 valence electrons. The molecule has 2 N–H and O–H groups in total. The van der Waals surface area contributed by atoms with Gasteiger partial charge in [0.25, 0.3) is 0 Å². The highest BCUT2D eigenvalue weighted by atomic mass is 31.1. The third-order valence-corrected chi connectivity index (χ3v) is 2.37. The Kier molecular flexibility index (Phi) is 3.81. The van der Waals surface area contributed by atoms with Gasteiger partial charge in [-0.3, -0.25) is 4.79 Å². The van der Waals surface area contributed by atoms with E-state index >= 15 is 0 Å². The fourth-order valence-electron chi connectivity index (χ4n) is 1.29. The van der Waals surface area contributed by atoms with E-state index in [0.29, 0.717) is 8.73 Å². The minimum atomic E-state index is 0.0798. The summed E-state index contributed by atoms with van der Waals surface area (Å²) in [5.74, 6) is 0.172. The van der Waals surface area contributed by atoms with Crippen LogP contribution in [0.3, 0.4) is 0 Å². The molecule has 0 spiro atoms. The zero-order valence-electron chi connectivity index (χ0n) is 6.81.